The number of Topliss-reactive ketones (excluding diaryl/α,β-unsaturated/α-hetero) is 1. The van der Waals surface area contributed by atoms with Gasteiger partial charge in [0.25, 0.3) is 0 Å². The molecule has 4 aromatic rings. The molecule has 0 unspecified atom stereocenters. The highest BCUT2D eigenvalue weighted by Gasteiger charge is 2.20. The number of carbonyl (C=O) groups is 1. The Balaban J connectivity index is 1.19. The highest BCUT2D eigenvalue weighted by atomic mass is 35.5. The lowest BCUT2D eigenvalue weighted by molar-refractivity contribution is 0.0993. The first-order valence-electron chi connectivity index (χ1n) is 13.7. The van der Waals surface area contributed by atoms with Gasteiger partial charge in [0.05, 0.1) is 17.8 Å². The number of nitrogens with zero attached hydrogens (tertiary/aromatic N) is 6. The second kappa shape index (κ2) is 11.9. The number of benzene rings is 2. The summed E-state index contributed by atoms with van der Waals surface area (Å²) in [6, 6.07) is 15.1. The summed E-state index contributed by atoms with van der Waals surface area (Å²) in [5, 5.41) is 0.515. The molecule has 0 aliphatic carbocycles. The van der Waals surface area contributed by atoms with Crippen LogP contribution < -0.4 is 4.74 Å². The fourth-order valence-corrected chi connectivity index (χ4v) is 5.29. The van der Waals surface area contributed by atoms with Gasteiger partial charge < -0.3 is 9.64 Å². The molecule has 2 aliphatic heterocycles. The van der Waals surface area contributed by atoms with Crippen LogP contribution in [0.1, 0.15) is 38.3 Å². The third-order valence-corrected chi connectivity index (χ3v) is 8.00. The normalized spacial score (nSPS) is 15.2. The molecule has 2 aromatic heterocycles. The number of aryl methyl sites for hydroxylation is 1. The maximum atomic E-state index is 13.3. The van der Waals surface area contributed by atoms with E-state index in [4.69, 9.17) is 16.3 Å². The van der Waals surface area contributed by atoms with E-state index in [0.29, 0.717) is 40.1 Å². The standard InChI is InChI=1S/C32H31ClN6O2/c1-21-15-23(3-4-24(21)20-39-13-11-38(2)12-14-39)30(40)17-25-16-26(5-6-28(25)33)41-32-27-18-35-19-29(27)36-31(37-32)22-7-9-34-10-8-22/h3-10,15-16,18H,11-14,17,19-20H2,1-2H3. The number of ether oxygens (including phenoxy) is 1. The number of carbonyl (C=O) groups excluding carboxylic acids is 1. The van der Waals surface area contributed by atoms with E-state index in [0.717, 1.165) is 55.1 Å². The summed E-state index contributed by atoms with van der Waals surface area (Å²) < 4.78 is 6.24. The predicted molar refractivity (Wildman–Crippen MR) is 160 cm³/mol. The summed E-state index contributed by atoms with van der Waals surface area (Å²) in [6.45, 7) is 7.73. The predicted octanol–water partition coefficient (Wildman–Crippen LogP) is 5.40. The number of rotatable bonds is 8. The van der Waals surface area contributed by atoms with E-state index in [1.54, 1.807) is 30.7 Å². The number of aliphatic imine (C=N–C) groups is 1. The van der Waals surface area contributed by atoms with E-state index in [9.17, 15) is 4.79 Å². The van der Waals surface area contributed by atoms with Crippen LogP contribution in [0.2, 0.25) is 5.02 Å². The number of ketones is 1. The van der Waals surface area contributed by atoms with Gasteiger partial charge in [-0.1, -0.05) is 23.7 Å². The second-order valence-corrected chi connectivity index (χ2v) is 11.0. The van der Waals surface area contributed by atoms with Crippen molar-refractivity contribution >= 4 is 23.6 Å². The number of aromatic nitrogens is 3. The molecule has 0 bridgehead atoms. The minimum absolute atomic E-state index is 0.00771. The van der Waals surface area contributed by atoms with Crippen LogP contribution in [0.3, 0.4) is 0 Å². The first kappa shape index (κ1) is 27.2. The third kappa shape index (κ3) is 6.20. The van der Waals surface area contributed by atoms with Crippen molar-refractivity contribution in [1.29, 1.82) is 0 Å². The first-order valence-corrected chi connectivity index (χ1v) is 14.1. The zero-order valence-electron chi connectivity index (χ0n) is 23.2. The van der Waals surface area contributed by atoms with E-state index in [1.165, 1.54) is 5.56 Å². The minimum Gasteiger partial charge on any atom is -0.438 e. The molecule has 2 aliphatic rings. The van der Waals surface area contributed by atoms with Crippen molar-refractivity contribution in [2.24, 2.45) is 4.99 Å². The number of pyridine rings is 1. The van der Waals surface area contributed by atoms with Gasteiger partial charge in [0.2, 0.25) is 5.88 Å². The van der Waals surface area contributed by atoms with Crippen molar-refractivity contribution in [2.45, 2.75) is 26.4 Å². The lowest BCUT2D eigenvalue weighted by atomic mass is 9.98. The summed E-state index contributed by atoms with van der Waals surface area (Å²) >= 11 is 6.54. The van der Waals surface area contributed by atoms with Crippen LogP contribution in [-0.2, 0) is 19.5 Å². The van der Waals surface area contributed by atoms with Gasteiger partial charge in [-0.05, 0) is 67.1 Å². The monoisotopic (exact) mass is 566 g/mol. The van der Waals surface area contributed by atoms with Crippen LogP contribution in [0.4, 0.5) is 0 Å². The Hall–Kier alpha value is -3.98. The van der Waals surface area contributed by atoms with Gasteiger partial charge in [0, 0.05) is 73.9 Å². The molecule has 0 amide bonds. The minimum atomic E-state index is 0.00771. The zero-order valence-corrected chi connectivity index (χ0v) is 23.9. The molecule has 4 heterocycles. The molecule has 0 N–H and O–H groups in total. The largest absolute Gasteiger partial charge is 0.438 e. The molecule has 8 nitrogen and oxygen atoms in total. The second-order valence-electron chi connectivity index (χ2n) is 10.6. The zero-order chi connectivity index (χ0) is 28.3. The van der Waals surface area contributed by atoms with Crippen molar-refractivity contribution in [1.82, 2.24) is 24.8 Å². The average Bonchev–Trinajstić information content (AvgIpc) is 3.47. The molecule has 0 atom stereocenters. The number of fused-ring (bicyclic) bond motifs is 1. The van der Waals surface area contributed by atoms with Crippen molar-refractivity contribution in [2.75, 3.05) is 33.2 Å². The summed E-state index contributed by atoms with van der Waals surface area (Å²) in [5.41, 5.74) is 6.15. The lowest BCUT2D eigenvalue weighted by Crippen LogP contribution is -2.43. The number of hydrogen-bond acceptors (Lipinski definition) is 8. The summed E-state index contributed by atoms with van der Waals surface area (Å²) in [7, 11) is 2.16. The summed E-state index contributed by atoms with van der Waals surface area (Å²) in [6.07, 6.45) is 5.30. The molecule has 41 heavy (non-hydrogen) atoms. The molecular weight excluding hydrogens is 536 g/mol. The van der Waals surface area contributed by atoms with Gasteiger partial charge in [0.15, 0.2) is 11.6 Å². The fourth-order valence-electron chi connectivity index (χ4n) is 5.10. The van der Waals surface area contributed by atoms with E-state index in [-0.39, 0.29) is 12.2 Å². The molecular formula is C32H31ClN6O2. The number of piperazine rings is 1. The molecule has 2 aromatic carbocycles. The van der Waals surface area contributed by atoms with E-state index >= 15 is 0 Å². The SMILES string of the molecule is Cc1cc(C(=O)Cc2cc(Oc3nc(-c4ccncc4)nc4c3C=NC4)ccc2Cl)ccc1CN1CCN(C)CC1. The van der Waals surface area contributed by atoms with Crippen molar-refractivity contribution in [3.8, 4) is 23.0 Å². The van der Waals surface area contributed by atoms with E-state index in [1.807, 2.05) is 30.3 Å². The third-order valence-electron chi connectivity index (χ3n) is 7.63. The topological polar surface area (TPSA) is 83.8 Å². The Morgan fingerprint density at radius 1 is 0.976 bits per heavy atom. The quantitative estimate of drug-likeness (QED) is 0.264. The van der Waals surface area contributed by atoms with Crippen LogP contribution in [0, 0.1) is 6.92 Å². The van der Waals surface area contributed by atoms with Gasteiger partial charge >= 0.3 is 0 Å². The van der Waals surface area contributed by atoms with Crippen molar-refractivity contribution in [3.05, 3.63) is 99.5 Å². The van der Waals surface area contributed by atoms with Gasteiger partial charge in [-0.25, -0.2) is 4.98 Å². The van der Waals surface area contributed by atoms with Crippen LogP contribution in [0.25, 0.3) is 11.4 Å². The maximum absolute atomic E-state index is 13.3. The Morgan fingerprint density at radius 3 is 2.56 bits per heavy atom. The van der Waals surface area contributed by atoms with Crippen LogP contribution in [0.15, 0.2) is 65.9 Å². The van der Waals surface area contributed by atoms with Crippen LogP contribution >= 0.6 is 11.6 Å². The number of likely N-dealkylation sites (N-methyl/N-ethyl adjacent to an activating group) is 1. The molecule has 1 fully saturated rings. The maximum Gasteiger partial charge on any atom is 0.232 e. The Morgan fingerprint density at radius 2 is 1.78 bits per heavy atom. The van der Waals surface area contributed by atoms with Gasteiger partial charge in [-0.3, -0.25) is 19.7 Å². The number of hydrogen-bond donors (Lipinski definition) is 0. The number of halogens is 1. The highest BCUT2D eigenvalue weighted by molar-refractivity contribution is 6.31. The van der Waals surface area contributed by atoms with Gasteiger partial charge in [0.1, 0.15) is 5.75 Å². The Kier molecular flexibility index (Phi) is 7.87. The average molecular weight is 567 g/mol. The van der Waals surface area contributed by atoms with Crippen molar-refractivity contribution < 1.29 is 9.53 Å². The van der Waals surface area contributed by atoms with E-state index in [2.05, 4.69) is 49.8 Å². The van der Waals surface area contributed by atoms with Crippen molar-refractivity contribution in [3.63, 3.8) is 0 Å². The summed E-state index contributed by atoms with van der Waals surface area (Å²) in [5.74, 6) is 1.50. The lowest BCUT2D eigenvalue weighted by Gasteiger charge is -2.32. The smallest absolute Gasteiger partial charge is 0.232 e. The van der Waals surface area contributed by atoms with Gasteiger partial charge in [-0.2, -0.15) is 4.98 Å². The molecule has 208 valence electrons. The molecule has 0 saturated carbocycles. The highest BCUT2D eigenvalue weighted by Crippen LogP contribution is 2.32. The fraction of sp³-hybridized carbons (Fsp3) is 0.281. The molecule has 9 heteroatoms. The van der Waals surface area contributed by atoms with Gasteiger partial charge in [-0.15, -0.1) is 0 Å². The van der Waals surface area contributed by atoms with Crippen LogP contribution in [0.5, 0.6) is 11.6 Å². The molecule has 1 saturated heterocycles. The molecule has 6 rings (SSSR count). The molecule has 0 radical (unpaired) electrons. The molecule has 0 spiro atoms. The van der Waals surface area contributed by atoms with E-state index < -0.39 is 0 Å². The Bertz CT molecular complexity index is 1620. The Labute approximate surface area is 244 Å². The van der Waals surface area contributed by atoms with Crippen LogP contribution in [-0.4, -0.2) is 70.0 Å². The summed E-state index contributed by atoms with van der Waals surface area (Å²) in [4.78, 5) is 35.9. The first-order chi connectivity index (χ1) is 19.9.